The van der Waals surface area contributed by atoms with E-state index in [0.29, 0.717) is 13.2 Å². The molecule has 6 heteroatoms. The van der Waals surface area contributed by atoms with Gasteiger partial charge < -0.3 is 20.1 Å². The first kappa shape index (κ1) is 10.8. The van der Waals surface area contributed by atoms with Crippen LogP contribution in [-0.4, -0.2) is 32.5 Å². The second-order valence-corrected chi connectivity index (χ2v) is 1.95. The average molecular weight is 165 g/mol. The van der Waals surface area contributed by atoms with Gasteiger partial charge in [-0.3, -0.25) is 0 Å². The Balaban J connectivity index is 3.34. The van der Waals surface area contributed by atoms with E-state index in [2.05, 4.69) is 9.68 Å². The zero-order valence-electron chi connectivity index (χ0n) is 6.36. The van der Waals surface area contributed by atoms with Crippen LogP contribution in [0, 0.1) is 0 Å². The number of nitrogens with two attached hydrogens (primary N) is 3. The van der Waals surface area contributed by atoms with Crippen LogP contribution in [0.4, 0.5) is 0 Å². The predicted octanol–water partition coefficient (Wildman–Crippen LogP) is -1.89. The van der Waals surface area contributed by atoms with Gasteiger partial charge in [0.2, 0.25) is 0 Å². The SMILES string of the molecule is NCCOC(CON)CON. The Morgan fingerprint density at radius 1 is 1.09 bits per heavy atom. The van der Waals surface area contributed by atoms with Gasteiger partial charge in [0, 0.05) is 6.54 Å². The Hall–Kier alpha value is -0.240. The molecule has 0 amide bonds. The van der Waals surface area contributed by atoms with Crippen LogP contribution in [0.25, 0.3) is 0 Å². The van der Waals surface area contributed by atoms with Crippen LogP contribution >= 0.6 is 0 Å². The number of ether oxygens (including phenoxy) is 1. The Labute approximate surface area is 65.5 Å². The lowest BCUT2D eigenvalue weighted by molar-refractivity contribution is -0.0591. The Bertz CT molecular complexity index is 77.4. The summed E-state index contributed by atoms with van der Waals surface area (Å²) in [6.45, 7) is 1.39. The first-order valence-corrected chi connectivity index (χ1v) is 3.30. The molecule has 0 radical (unpaired) electrons. The van der Waals surface area contributed by atoms with Gasteiger partial charge in [-0.2, -0.15) is 0 Å². The normalized spacial score (nSPS) is 10.9. The van der Waals surface area contributed by atoms with Crippen LogP contribution in [0.3, 0.4) is 0 Å². The number of hydrogen-bond donors (Lipinski definition) is 3. The second-order valence-electron chi connectivity index (χ2n) is 1.95. The lowest BCUT2D eigenvalue weighted by Gasteiger charge is -2.14. The first-order chi connectivity index (χ1) is 5.35. The minimum Gasteiger partial charge on any atom is -0.372 e. The van der Waals surface area contributed by atoms with Crippen LogP contribution in [-0.2, 0) is 14.4 Å². The lowest BCUT2D eigenvalue weighted by Crippen LogP contribution is -2.30. The zero-order chi connectivity index (χ0) is 8.53. The predicted molar refractivity (Wildman–Crippen MR) is 39.1 cm³/mol. The highest BCUT2D eigenvalue weighted by Crippen LogP contribution is 1.90. The van der Waals surface area contributed by atoms with Gasteiger partial charge in [0.25, 0.3) is 0 Å². The summed E-state index contributed by atoms with van der Waals surface area (Å²) >= 11 is 0. The minimum atomic E-state index is -0.242. The van der Waals surface area contributed by atoms with Gasteiger partial charge in [-0.25, -0.2) is 11.8 Å². The van der Waals surface area contributed by atoms with Gasteiger partial charge in [0.1, 0.15) is 6.10 Å². The summed E-state index contributed by atoms with van der Waals surface area (Å²) in [5.41, 5.74) is 5.20. The molecule has 0 aliphatic heterocycles. The zero-order valence-corrected chi connectivity index (χ0v) is 6.36. The van der Waals surface area contributed by atoms with E-state index in [4.69, 9.17) is 22.3 Å². The molecule has 0 aromatic carbocycles. The van der Waals surface area contributed by atoms with Crippen molar-refractivity contribution in [2.24, 2.45) is 17.5 Å². The first-order valence-electron chi connectivity index (χ1n) is 3.30. The number of rotatable bonds is 7. The summed E-state index contributed by atoms with van der Waals surface area (Å²) in [6, 6.07) is 0. The van der Waals surface area contributed by atoms with E-state index in [0.717, 1.165) is 0 Å². The fourth-order valence-corrected chi connectivity index (χ4v) is 0.594. The monoisotopic (exact) mass is 165 g/mol. The smallest absolute Gasteiger partial charge is 0.108 e. The van der Waals surface area contributed by atoms with E-state index in [1.807, 2.05) is 0 Å². The van der Waals surface area contributed by atoms with Crippen molar-refractivity contribution in [2.45, 2.75) is 6.10 Å². The highest BCUT2D eigenvalue weighted by atomic mass is 16.6. The maximum Gasteiger partial charge on any atom is 0.108 e. The Morgan fingerprint density at radius 3 is 2.00 bits per heavy atom. The molecular formula is C5H15N3O3. The number of hydrogen-bond acceptors (Lipinski definition) is 6. The molecule has 0 saturated carbocycles. The highest BCUT2D eigenvalue weighted by Gasteiger charge is 2.07. The summed E-state index contributed by atoms with van der Waals surface area (Å²) < 4.78 is 5.14. The van der Waals surface area contributed by atoms with E-state index in [-0.39, 0.29) is 19.3 Å². The molecule has 0 spiro atoms. The molecule has 0 atom stereocenters. The molecule has 0 aliphatic rings. The molecule has 0 saturated heterocycles. The fourth-order valence-electron chi connectivity index (χ4n) is 0.594. The van der Waals surface area contributed by atoms with Crippen molar-refractivity contribution < 1.29 is 14.4 Å². The summed E-state index contributed by atoms with van der Waals surface area (Å²) in [5, 5.41) is 0. The minimum absolute atomic E-state index is 0.242. The van der Waals surface area contributed by atoms with E-state index in [1.165, 1.54) is 0 Å². The molecule has 0 aromatic rings. The molecule has 68 valence electrons. The van der Waals surface area contributed by atoms with Crippen LogP contribution in [0.5, 0.6) is 0 Å². The molecule has 0 rings (SSSR count). The van der Waals surface area contributed by atoms with Crippen molar-refractivity contribution in [3.8, 4) is 0 Å². The van der Waals surface area contributed by atoms with Gasteiger partial charge >= 0.3 is 0 Å². The highest BCUT2D eigenvalue weighted by molar-refractivity contribution is 4.53. The topological polar surface area (TPSA) is 106 Å². The quantitative estimate of drug-likeness (QED) is 0.381. The van der Waals surface area contributed by atoms with Crippen molar-refractivity contribution in [3.05, 3.63) is 0 Å². The van der Waals surface area contributed by atoms with Gasteiger partial charge in [0.15, 0.2) is 0 Å². The third-order valence-corrected chi connectivity index (χ3v) is 1.04. The van der Waals surface area contributed by atoms with Gasteiger partial charge in [-0.1, -0.05) is 0 Å². The van der Waals surface area contributed by atoms with E-state index < -0.39 is 0 Å². The van der Waals surface area contributed by atoms with Gasteiger partial charge in [-0.15, -0.1) is 0 Å². The molecule has 6 nitrogen and oxygen atoms in total. The molecule has 0 bridgehead atoms. The van der Waals surface area contributed by atoms with Crippen molar-refractivity contribution in [2.75, 3.05) is 26.4 Å². The molecule has 0 aromatic heterocycles. The summed E-state index contributed by atoms with van der Waals surface area (Å²) in [5.74, 6) is 9.65. The molecule has 0 aliphatic carbocycles. The molecule has 11 heavy (non-hydrogen) atoms. The molecular weight excluding hydrogens is 150 g/mol. The van der Waals surface area contributed by atoms with E-state index in [9.17, 15) is 0 Å². The Kier molecular flexibility index (Phi) is 7.69. The summed E-state index contributed by atoms with van der Waals surface area (Å²) in [4.78, 5) is 8.70. The largest absolute Gasteiger partial charge is 0.372 e. The third kappa shape index (κ3) is 6.17. The third-order valence-electron chi connectivity index (χ3n) is 1.04. The van der Waals surface area contributed by atoms with Crippen LogP contribution < -0.4 is 17.5 Å². The van der Waals surface area contributed by atoms with Crippen LogP contribution in [0.1, 0.15) is 0 Å². The molecule has 0 fully saturated rings. The second kappa shape index (κ2) is 7.86. The van der Waals surface area contributed by atoms with Crippen molar-refractivity contribution in [3.63, 3.8) is 0 Å². The summed E-state index contributed by atoms with van der Waals surface area (Å²) in [7, 11) is 0. The molecule has 6 N–H and O–H groups in total. The van der Waals surface area contributed by atoms with Crippen LogP contribution in [0.15, 0.2) is 0 Å². The maximum absolute atomic E-state index is 5.20. The van der Waals surface area contributed by atoms with Gasteiger partial charge in [-0.05, 0) is 0 Å². The lowest BCUT2D eigenvalue weighted by atomic mass is 10.4. The summed E-state index contributed by atoms with van der Waals surface area (Å²) in [6.07, 6.45) is -0.242. The van der Waals surface area contributed by atoms with Crippen LogP contribution in [0.2, 0.25) is 0 Å². The standard InChI is InChI=1S/C5H15N3O3/c6-1-2-9-5(3-10-7)4-11-8/h5H,1-4,6-8H2. The van der Waals surface area contributed by atoms with E-state index >= 15 is 0 Å². The van der Waals surface area contributed by atoms with E-state index in [1.54, 1.807) is 0 Å². The average Bonchev–Trinajstić information content (AvgIpc) is 2.01. The van der Waals surface area contributed by atoms with Crippen molar-refractivity contribution >= 4 is 0 Å². The Morgan fingerprint density at radius 2 is 1.64 bits per heavy atom. The maximum atomic E-state index is 5.20. The molecule has 0 unspecified atom stereocenters. The van der Waals surface area contributed by atoms with Gasteiger partial charge in [0.05, 0.1) is 19.8 Å². The molecule has 0 heterocycles. The fraction of sp³-hybridized carbons (Fsp3) is 1.00. The van der Waals surface area contributed by atoms with Crippen molar-refractivity contribution in [1.82, 2.24) is 0 Å². The van der Waals surface area contributed by atoms with Crippen molar-refractivity contribution in [1.29, 1.82) is 0 Å².